The Hall–Kier alpha value is -6.84. The number of pyridine rings is 2. The lowest BCUT2D eigenvalue weighted by Gasteiger charge is -2.35. The number of benzene rings is 2. The van der Waals surface area contributed by atoms with Crippen molar-refractivity contribution in [3.05, 3.63) is 101 Å². The molecule has 0 bridgehead atoms. The van der Waals surface area contributed by atoms with E-state index in [1.165, 1.54) is 19.3 Å². The van der Waals surface area contributed by atoms with Crippen LogP contribution in [0.1, 0.15) is 83.3 Å². The number of carbonyl (C=O) groups excluding carboxylic acids is 4. The summed E-state index contributed by atoms with van der Waals surface area (Å²) in [5.74, 6) is -4.83. The van der Waals surface area contributed by atoms with Gasteiger partial charge in [0.15, 0.2) is 11.9 Å². The molecule has 5 N–H and O–H groups in total. The number of nitrogens with one attached hydrogen (secondary N) is 4. The summed E-state index contributed by atoms with van der Waals surface area (Å²) in [7, 11) is -3.02. The number of carboxylic acids is 1. The number of ketones is 1. The van der Waals surface area contributed by atoms with Crippen LogP contribution in [0.5, 0.6) is 5.75 Å². The van der Waals surface area contributed by atoms with Crippen LogP contribution in [0.25, 0.3) is 22.2 Å². The van der Waals surface area contributed by atoms with Crippen LogP contribution in [-0.2, 0) is 24.6 Å². The fraction of sp³-hybridized carbons (Fsp3) is 0.370. The average Bonchev–Trinajstić information content (AvgIpc) is 3.72. The predicted octanol–water partition coefficient (Wildman–Crippen LogP) is 4.59. The second-order valence-electron chi connectivity index (χ2n) is 16.8. The number of aromatic amines is 1. The molecule has 5 aromatic rings. The molecule has 0 aliphatic carbocycles. The maximum atomic E-state index is 15.8. The number of carboxylic acid groups (broad SMARTS) is 1. The summed E-state index contributed by atoms with van der Waals surface area (Å²) in [5, 5.41) is 15.7. The molecular formula is C46H49F2N9O9S. The highest BCUT2D eigenvalue weighted by Gasteiger charge is 2.32. The zero-order valence-electron chi connectivity index (χ0n) is 36.7. The fourth-order valence-electron chi connectivity index (χ4n) is 8.61. The van der Waals surface area contributed by atoms with Crippen LogP contribution in [0.4, 0.5) is 20.3 Å². The number of fused-ring (bicyclic) bond motifs is 1. The number of halogens is 2. The van der Waals surface area contributed by atoms with Gasteiger partial charge in [0.05, 0.1) is 23.4 Å². The Balaban J connectivity index is 0.847. The van der Waals surface area contributed by atoms with Gasteiger partial charge in [-0.3, -0.25) is 29.2 Å². The number of imide groups is 1. The molecule has 1 unspecified atom stereocenters. The molecular weight excluding hydrogens is 893 g/mol. The van der Waals surface area contributed by atoms with Crippen molar-refractivity contribution >= 4 is 62.2 Å². The van der Waals surface area contributed by atoms with E-state index in [2.05, 4.69) is 30.5 Å². The molecule has 3 aromatic heterocycles. The van der Waals surface area contributed by atoms with Crippen LogP contribution in [0.15, 0.2) is 67.0 Å². The quantitative estimate of drug-likeness (QED) is 0.0715. The van der Waals surface area contributed by atoms with Crippen molar-refractivity contribution in [2.75, 3.05) is 55.9 Å². The van der Waals surface area contributed by atoms with E-state index in [4.69, 9.17) is 4.74 Å². The summed E-state index contributed by atoms with van der Waals surface area (Å²) in [5.41, 5.74) is -0.943. The number of nitrogens with zero attached hydrogens (tertiary/aromatic N) is 5. The van der Waals surface area contributed by atoms with Crippen molar-refractivity contribution in [2.24, 2.45) is 0 Å². The lowest BCUT2D eigenvalue weighted by Crippen LogP contribution is -2.48. The lowest BCUT2D eigenvalue weighted by atomic mass is 9.89. The lowest BCUT2D eigenvalue weighted by molar-refractivity contribution is -0.139. The van der Waals surface area contributed by atoms with Gasteiger partial charge in [-0.25, -0.2) is 23.5 Å². The number of hydrogen-bond donors (Lipinski definition) is 5. The van der Waals surface area contributed by atoms with Crippen molar-refractivity contribution in [1.82, 2.24) is 34.8 Å². The SMILES string of the molecule is CCN(C)S(=O)(=O)Nc1ccc(F)c(C(=O)c2c(C(=O)O)[nH]c3ncc(-c4ccc(N5CCC(NCC(=O)N6CCC(c7ccc(OC8CCC(=O)NC8=O)cc7)CC6)CC5)nc4)cc23)c1F. The molecule has 3 aliphatic rings. The molecule has 8 rings (SSSR count). The molecule has 0 saturated carbocycles. The minimum Gasteiger partial charge on any atom is -0.481 e. The van der Waals surface area contributed by atoms with E-state index in [9.17, 15) is 37.5 Å². The van der Waals surface area contributed by atoms with Crippen LogP contribution in [0.3, 0.4) is 0 Å². The number of H-pyrrole nitrogens is 1. The topological polar surface area (TPSA) is 236 Å². The molecule has 3 aliphatic heterocycles. The molecule has 2 aromatic carbocycles. The molecule has 18 nitrogen and oxygen atoms in total. The van der Waals surface area contributed by atoms with Gasteiger partial charge in [0.2, 0.25) is 17.6 Å². The van der Waals surface area contributed by atoms with E-state index >= 15 is 8.78 Å². The van der Waals surface area contributed by atoms with E-state index in [0.717, 1.165) is 41.6 Å². The first-order valence-corrected chi connectivity index (χ1v) is 23.4. The van der Waals surface area contributed by atoms with Crippen molar-refractivity contribution in [2.45, 2.75) is 63.5 Å². The van der Waals surface area contributed by atoms with Crippen molar-refractivity contribution in [3.63, 3.8) is 0 Å². The predicted molar refractivity (Wildman–Crippen MR) is 242 cm³/mol. The number of anilines is 2. The van der Waals surface area contributed by atoms with Crippen LogP contribution in [-0.4, -0.2) is 126 Å². The number of hydrogen-bond acceptors (Lipinski definition) is 12. The maximum absolute atomic E-state index is 15.8. The molecule has 6 heterocycles. The molecule has 3 fully saturated rings. The molecule has 21 heteroatoms. The number of piperidine rings is 3. The highest BCUT2D eigenvalue weighted by molar-refractivity contribution is 7.90. The number of amides is 3. The Morgan fingerprint density at radius 2 is 1.63 bits per heavy atom. The Morgan fingerprint density at radius 1 is 0.910 bits per heavy atom. The highest BCUT2D eigenvalue weighted by Crippen LogP contribution is 2.33. The van der Waals surface area contributed by atoms with Gasteiger partial charge in [0, 0.05) is 87.6 Å². The molecule has 352 valence electrons. The molecule has 67 heavy (non-hydrogen) atoms. The van der Waals surface area contributed by atoms with Crippen LogP contribution >= 0.6 is 0 Å². The normalized spacial score (nSPS) is 17.5. The number of aromatic nitrogens is 3. The number of ether oxygens (including phenoxy) is 1. The smallest absolute Gasteiger partial charge is 0.353 e. The summed E-state index contributed by atoms with van der Waals surface area (Å²) in [6, 6.07) is 14.4. The van der Waals surface area contributed by atoms with Crippen molar-refractivity contribution in [1.29, 1.82) is 0 Å². The summed E-state index contributed by atoms with van der Waals surface area (Å²) in [4.78, 5) is 78.5. The Morgan fingerprint density at radius 3 is 2.28 bits per heavy atom. The number of aromatic carboxylic acids is 1. The fourth-order valence-corrected chi connectivity index (χ4v) is 9.54. The molecule has 0 radical (unpaired) electrons. The third kappa shape index (κ3) is 10.1. The zero-order valence-corrected chi connectivity index (χ0v) is 37.5. The first-order valence-electron chi connectivity index (χ1n) is 21.9. The van der Waals surface area contributed by atoms with Gasteiger partial charge in [0.1, 0.15) is 28.7 Å². The van der Waals surface area contributed by atoms with E-state index in [1.807, 2.05) is 40.0 Å². The minimum absolute atomic E-state index is 0.0276. The van der Waals surface area contributed by atoms with Gasteiger partial charge >= 0.3 is 16.2 Å². The number of rotatable bonds is 15. The first-order chi connectivity index (χ1) is 32.1. The van der Waals surface area contributed by atoms with E-state index in [0.29, 0.717) is 67.3 Å². The Labute approximate surface area is 384 Å². The van der Waals surface area contributed by atoms with Gasteiger partial charge in [-0.05, 0) is 79.6 Å². The van der Waals surface area contributed by atoms with Crippen molar-refractivity contribution < 1.29 is 51.0 Å². The Kier molecular flexibility index (Phi) is 13.6. The average molecular weight is 942 g/mol. The summed E-state index contributed by atoms with van der Waals surface area (Å²) in [6.07, 6.45) is 6.18. The Bertz CT molecular complexity index is 2830. The van der Waals surface area contributed by atoms with Gasteiger partial charge < -0.3 is 29.9 Å². The zero-order chi connectivity index (χ0) is 47.6. The molecule has 1 atom stereocenters. The second-order valence-corrected chi connectivity index (χ2v) is 18.5. The molecule has 3 amide bonds. The summed E-state index contributed by atoms with van der Waals surface area (Å²) in [6.45, 7) is 4.50. The number of carbonyl (C=O) groups is 5. The largest absolute Gasteiger partial charge is 0.481 e. The third-order valence-corrected chi connectivity index (χ3v) is 14.2. The minimum atomic E-state index is -4.26. The summed E-state index contributed by atoms with van der Waals surface area (Å²) >= 11 is 0. The third-order valence-electron chi connectivity index (χ3n) is 12.6. The molecule has 0 spiro atoms. The molecule has 3 saturated heterocycles. The maximum Gasteiger partial charge on any atom is 0.353 e. The van der Waals surface area contributed by atoms with Gasteiger partial charge in [-0.1, -0.05) is 19.1 Å². The monoisotopic (exact) mass is 941 g/mol. The van der Waals surface area contributed by atoms with E-state index in [-0.39, 0.29) is 48.4 Å². The van der Waals surface area contributed by atoms with Gasteiger partial charge in [-0.2, -0.15) is 12.7 Å². The van der Waals surface area contributed by atoms with Crippen LogP contribution in [0, 0.1) is 11.6 Å². The van der Waals surface area contributed by atoms with Gasteiger partial charge in [-0.15, -0.1) is 0 Å². The van der Waals surface area contributed by atoms with Gasteiger partial charge in [0.25, 0.3) is 5.91 Å². The highest BCUT2D eigenvalue weighted by atomic mass is 32.2. The second kappa shape index (κ2) is 19.6. The standard InChI is InChI=1S/C46H49F2N9O9S/c1-3-55(2)67(64,65)54-34-10-9-33(47)40(41(34)48)43(60)39-32-22-29(24-51-44(32)53-42(39)46(62)63)28-6-12-36(50-23-28)56-20-16-30(17-21-56)49-25-38(59)57-18-14-27(15-19-57)26-4-7-31(8-5-26)66-35-11-13-37(58)52-45(35)61/h4-10,12,22-24,27,30,35,49,54H,3,11,13-21,25H2,1-2H3,(H,51,53)(H,62,63)(H,52,58,61). The van der Waals surface area contributed by atoms with E-state index in [1.54, 1.807) is 19.2 Å². The number of likely N-dealkylation sites (tertiary alicyclic amines) is 1. The van der Waals surface area contributed by atoms with Crippen LogP contribution in [0.2, 0.25) is 0 Å². The summed E-state index contributed by atoms with van der Waals surface area (Å²) < 4.78 is 64.9. The first kappa shape index (κ1) is 46.7. The van der Waals surface area contributed by atoms with E-state index < -0.39 is 68.1 Å². The van der Waals surface area contributed by atoms with Crippen LogP contribution < -0.4 is 25.0 Å². The van der Waals surface area contributed by atoms with Crippen molar-refractivity contribution in [3.8, 4) is 16.9 Å².